The van der Waals surface area contributed by atoms with Gasteiger partial charge in [0.25, 0.3) is 0 Å². The highest BCUT2D eigenvalue weighted by atomic mass is 16.5. The summed E-state index contributed by atoms with van der Waals surface area (Å²) >= 11 is 0. The van der Waals surface area contributed by atoms with Crippen molar-refractivity contribution < 1.29 is 23.8 Å². The third-order valence-corrected chi connectivity index (χ3v) is 5.25. The van der Waals surface area contributed by atoms with Crippen LogP contribution in [0.4, 0.5) is 0 Å². The number of benzene rings is 1. The molecule has 26 heavy (non-hydrogen) atoms. The highest BCUT2D eigenvalue weighted by Gasteiger charge is 2.33. The van der Waals surface area contributed by atoms with Crippen molar-refractivity contribution >= 4 is 11.8 Å². The molecule has 1 aromatic carbocycles. The molecular weight excluding hydrogens is 332 g/mol. The van der Waals surface area contributed by atoms with Crippen LogP contribution in [0.3, 0.4) is 0 Å². The van der Waals surface area contributed by atoms with Gasteiger partial charge in [-0.15, -0.1) is 0 Å². The minimum atomic E-state index is -0.450. The standard InChI is InChI=1S/C21H30O5/c1-13(2)16-8-6-14(3)10-19(16)26-21(23)12-17(22)15-7-9-18(24-4)20(11-15)25-5/h7,9,11,13-14,16,19H,6,8,10,12H2,1-5H3/t14-,16+,19-/m0/s1. The normalized spacial score (nSPS) is 22.8. The molecule has 0 N–H and O–H groups in total. The Kier molecular flexibility index (Phi) is 7.06. The van der Waals surface area contributed by atoms with E-state index in [0.717, 1.165) is 12.8 Å². The number of carbonyl (C=O) groups excluding carboxylic acids is 2. The van der Waals surface area contributed by atoms with Crippen molar-refractivity contribution in [2.75, 3.05) is 14.2 Å². The number of rotatable bonds is 7. The van der Waals surface area contributed by atoms with Crippen molar-refractivity contribution in [3.05, 3.63) is 23.8 Å². The van der Waals surface area contributed by atoms with E-state index in [1.165, 1.54) is 20.6 Å². The first-order valence-electron chi connectivity index (χ1n) is 9.30. The van der Waals surface area contributed by atoms with E-state index in [2.05, 4.69) is 20.8 Å². The molecule has 2 rings (SSSR count). The lowest BCUT2D eigenvalue weighted by Crippen LogP contribution is -2.36. The fraction of sp³-hybridized carbons (Fsp3) is 0.619. The molecule has 0 radical (unpaired) electrons. The Morgan fingerprint density at radius 2 is 1.81 bits per heavy atom. The van der Waals surface area contributed by atoms with Gasteiger partial charge < -0.3 is 14.2 Å². The van der Waals surface area contributed by atoms with E-state index in [1.807, 2.05) is 0 Å². The van der Waals surface area contributed by atoms with Gasteiger partial charge in [-0.2, -0.15) is 0 Å². The van der Waals surface area contributed by atoms with Crippen molar-refractivity contribution in [3.63, 3.8) is 0 Å². The third-order valence-electron chi connectivity index (χ3n) is 5.25. The van der Waals surface area contributed by atoms with E-state index in [1.54, 1.807) is 18.2 Å². The summed E-state index contributed by atoms with van der Waals surface area (Å²) in [5.41, 5.74) is 0.414. The number of ketones is 1. The molecule has 144 valence electrons. The second kappa shape index (κ2) is 9.06. The molecule has 1 aromatic rings. The zero-order valence-corrected chi connectivity index (χ0v) is 16.4. The second-order valence-electron chi connectivity index (χ2n) is 7.52. The molecular formula is C21H30O5. The average Bonchev–Trinajstić information content (AvgIpc) is 2.60. The molecule has 0 saturated heterocycles. The molecule has 1 aliphatic rings. The Morgan fingerprint density at radius 1 is 1.12 bits per heavy atom. The third kappa shape index (κ3) is 4.99. The van der Waals surface area contributed by atoms with Crippen LogP contribution in [0.25, 0.3) is 0 Å². The molecule has 5 heteroatoms. The van der Waals surface area contributed by atoms with Crippen molar-refractivity contribution in [2.24, 2.45) is 17.8 Å². The van der Waals surface area contributed by atoms with Crippen LogP contribution in [0, 0.1) is 17.8 Å². The van der Waals surface area contributed by atoms with Gasteiger partial charge in [0, 0.05) is 5.56 Å². The van der Waals surface area contributed by atoms with Crippen molar-refractivity contribution in [3.8, 4) is 11.5 Å². The first-order valence-corrected chi connectivity index (χ1v) is 9.30. The summed E-state index contributed by atoms with van der Waals surface area (Å²) in [6.07, 6.45) is 2.76. The average molecular weight is 362 g/mol. The van der Waals surface area contributed by atoms with E-state index in [9.17, 15) is 9.59 Å². The van der Waals surface area contributed by atoms with E-state index in [4.69, 9.17) is 14.2 Å². The smallest absolute Gasteiger partial charge is 0.313 e. The molecule has 5 nitrogen and oxygen atoms in total. The lowest BCUT2D eigenvalue weighted by atomic mass is 9.75. The maximum atomic E-state index is 12.4. The lowest BCUT2D eigenvalue weighted by molar-refractivity contribution is -0.154. The highest BCUT2D eigenvalue weighted by molar-refractivity contribution is 6.06. The maximum absolute atomic E-state index is 12.4. The molecule has 3 atom stereocenters. The fourth-order valence-corrected chi connectivity index (χ4v) is 3.70. The number of esters is 1. The summed E-state index contributed by atoms with van der Waals surface area (Å²) in [5, 5.41) is 0. The topological polar surface area (TPSA) is 61.8 Å². The van der Waals surface area contributed by atoms with Gasteiger partial charge in [-0.25, -0.2) is 0 Å². The first-order chi connectivity index (χ1) is 12.3. The Labute approximate surface area is 156 Å². The predicted molar refractivity (Wildman–Crippen MR) is 99.7 cm³/mol. The Balaban J connectivity index is 2.01. The summed E-state index contributed by atoms with van der Waals surface area (Å²) < 4.78 is 16.1. The number of methoxy groups -OCH3 is 2. The number of hydrogen-bond donors (Lipinski definition) is 0. The van der Waals surface area contributed by atoms with Gasteiger partial charge >= 0.3 is 5.97 Å². The molecule has 0 aliphatic heterocycles. The van der Waals surface area contributed by atoms with Crippen LogP contribution in [0.2, 0.25) is 0 Å². The summed E-state index contributed by atoms with van der Waals surface area (Å²) in [6, 6.07) is 4.89. The molecule has 0 bridgehead atoms. The minimum Gasteiger partial charge on any atom is -0.493 e. The van der Waals surface area contributed by atoms with Gasteiger partial charge in [-0.05, 0) is 48.8 Å². The van der Waals surface area contributed by atoms with Gasteiger partial charge in [0.05, 0.1) is 14.2 Å². The number of hydrogen-bond acceptors (Lipinski definition) is 5. The van der Waals surface area contributed by atoms with Crippen molar-refractivity contribution in [1.29, 1.82) is 0 Å². The van der Waals surface area contributed by atoms with Crippen LogP contribution >= 0.6 is 0 Å². The lowest BCUT2D eigenvalue weighted by Gasteiger charge is -2.36. The predicted octanol–water partition coefficient (Wildman–Crippen LogP) is 4.28. The molecule has 1 aliphatic carbocycles. The summed E-state index contributed by atoms with van der Waals surface area (Å²) in [7, 11) is 3.05. The Bertz CT molecular complexity index is 637. The molecule has 0 heterocycles. The largest absolute Gasteiger partial charge is 0.493 e. The first kappa shape index (κ1) is 20.3. The molecule has 0 aromatic heterocycles. The van der Waals surface area contributed by atoms with E-state index < -0.39 is 5.97 Å². The monoisotopic (exact) mass is 362 g/mol. The van der Waals surface area contributed by atoms with Gasteiger partial charge in [0.1, 0.15) is 12.5 Å². The highest BCUT2D eigenvalue weighted by Crippen LogP contribution is 2.35. The van der Waals surface area contributed by atoms with Crippen LogP contribution in [0.15, 0.2) is 18.2 Å². The van der Waals surface area contributed by atoms with Gasteiger partial charge in [0.15, 0.2) is 17.3 Å². The van der Waals surface area contributed by atoms with Gasteiger partial charge in [-0.1, -0.05) is 27.2 Å². The van der Waals surface area contributed by atoms with Crippen LogP contribution < -0.4 is 9.47 Å². The van der Waals surface area contributed by atoms with Crippen LogP contribution in [0.5, 0.6) is 11.5 Å². The molecule has 1 fully saturated rings. The van der Waals surface area contributed by atoms with Gasteiger partial charge in [-0.3, -0.25) is 9.59 Å². The van der Waals surface area contributed by atoms with Gasteiger partial charge in [0.2, 0.25) is 0 Å². The molecule has 1 saturated carbocycles. The maximum Gasteiger partial charge on any atom is 0.313 e. The minimum absolute atomic E-state index is 0.0931. The Morgan fingerprint density at radius 3 is 2.42 bits per heavy atom. The SMILES string of the molecule is COc1ccc(C(=O)CC(=O)O[C@H]2C[C@@H](C)CC[C@@H]2C(C)C)cc1OC. The number of ether oxygens (including phenoxy) is 3. The van der Waals surface area contributed by atoms with E-state index in [0.29, 0.717) is 34.8 Å². The molecule has 0 spiro atoms. The van der Waals surface area contributed by atoms with Crippen LogP contribution in [-0.2, 0) is 9.53 Å². The number of Topliss-reactive ketones (excluding diaryl/α,β-unsaturated/α-hetero) is 1. The van der Waals surface area contributed by atoms with E-state index >= 15 is 0 Å². The Hall–Kier alpha value is -2.04. The second-order valence-corrected chi connectivity index (χ2v) is 7.52. The molecule has 0 amide bonds. The van der Waals surface area contributed by atoms with Crippen molar-refractivity contribution in [2.45, 2.75) is 52.6 Å². The van der Waals surface area contributed by atoms with Crippen molar-refractivity contribution in [1.82, 2.24) is 0 Å². The summed E-state index contributed by atoms with van der Waals surface area (Å²) in [4.78, 5) is 24.8. The quantitative estimate of drug-likeness (QED) is 0.411. The van der Waals surface area contributed by atoms with Crippen LogP contribution in [-0.4, -0.2) is 32.1 Å². The summed E-state index contributed by atoms with van der Waals surface area (Å²) in [6.45, 7) is 6.51. The van der Waals surface area contributed by atoms with E-state index in [-0.39, 0.29) is 18.3 Å². The van der Waals surface area contributed by atoms with Crippen LogP contribution in [0.1, 0.15) is 56.8 Å². The summed E-state index contributed by atoms with van der Waals surface area (Å²) in [5.74, 6) is 1.66. The molecule has 0 unspecified atom stereocenters. The number of carbonyl (C=O) groups is 2. The zero-order chi connectivity index (χ0) is 19.3. The zero-order valence-electron chi connectivity index (χ0n) is 16.4. The fourth-order valence-electron chi connectivity index (χ4n) is 3.70.